The van der Waals surface area contributed by atoms with Crippen molar-refractivity contribution in [1.82, 2.24) is 14.6 Å². The van der Waals surface area contributed by atoms with Gasteiger partial charge in [0.05, 0.1) is 17.2 Å². The first-order valence-corrected chi connectivity index (χ1v) is 11.5. The number of carbonyl (C=O) groups excluding carboxylic acids is 1. The number of hydrogen-bond donors (Lipinski definition) is 2. The maximum Gasteiger partial charge on any atom is 0.261 e. The molecular formula is C28H26N6O. The van der Waals surface area contributed by atoms with Crippen LogP contribution in [0, 0.1) is 6.92 Å². The zero-order valence-electron chi connectivity index (χ0n) is 19.9. The highest BCUT2D eigenvalue weighted by Crippen LogP contribution is 2.29. The molecule has 0 saturated carbocycles. The van der Waals surface area contributed by atoms with Crippen LogP contribution in [0.2, 0.25) is 0 Å². The van der Waals surface area contributed by atoms with E-state index >= 15 is 0 Å². The molecule has 0 aliphatic heterocycles. The van der Waals surface area contributed by atoms with Gasteiger partial charge in [0.2, 0.25) is 0 Å². The van der Waals surface area contributed by atoms with E-state index in [-0.39, 0.29) is 17.3 Å². The monoisotopic (exact) mass is 462 g/mol. The topological polar surface area (TPSA) is 98.2 Å². The van der Waals surface area contributed by atoms with Crippen molar-refractivity contribution in [2.45, 2.75) is 26.7 Å². The summed E-state index contributed by atoms with van der Waals surface area (Å²) < 4.78 is 1.48. The van der Waals surface area contributed by atoms with E-state index in [0.717, 1.165) is 11.1 Å². The Morgan fingerprint density at radius 2 is 1.71 bits per heavy atom. The average Bonchev–Trinajstić information content (AvgIpc) is 3.11. The predicted octanol–water partition coefficient (Wildman–Crippen LogP) is 5.73. The van der Waals surface area contributed by atoms with E-state index in [1.165, 1.54) is 10.2 Å². The van der Waals surface area contributed by atoms with E-state index < -0.39 is 0 Å². The minimum Gasteiger partial charge on any atom is -0.383 e. The van der Waals surface area contributed by atoms with Gasteiger partial charge in [0, 0.05) is 5.69 Å². The number of aryl methyl sites for hydroxylation is 1. The highest BCUT2D eigenvalue weighted by molar-refractivity contribution is 6.16. The van der Waals surface area contributed by atoms with Crippen LogP contribution in [0.3, 0.4) is 0 Å². The largest absolute Gasteiger partial charge is 0.383 e. The number of benzene rings is 3. The number of para-hydroxylation sites is 2. The Balaban J connectivity index is 1.62. The van der Waals surface area contributed by atoms with Crippen molar-refractivity contribution in [2.75, 3.05) is 11.1 Å². The van der Waals surface area contributed by atoms with Gasteiger partial charge in [-0.05, 0) is 53.8 Å². The molecule has 5 aromatic rings. The maximum absolute atomic E-state index is 13.4. The molecule has 0 spiro atoms. The van der Waals surface area contributed by atoms with Gasteiger partial charge in [-0.3, -0.25) is 4.79 Å². The van der Waals surface area contributed by atoms with Crippen LogP contribution in [0.5, 0.6) is 0 Å². The fourth-order valence-corrected chi connectivity index (χ4v) is 4.00. The number of fused-ring (bicyclic) bond motifs is 2. The second-order valence-electron chi connectivity index (χ2n) is 8.85. The summed E-state index contributed by atoms with van der Waals surface area (Å²) in [4.78, 5) is 22.8. The van der Waals surface area contributed by atoms with Crippen molar-refractivity contribution >= 4 is 45.8 Å². The first kappa shape index (κ1) is 22.3. The molecule has 0 aliphatic carbocycles. The number of carbonyl (C=O) groups is 1. The smallest absolute Gasteiger partial charge is 0.261 e. The molecule has 0 bridgehead atoms. The van der Waals surface area contributed by atoms with Crippen LogP contribution in [0.15, 0.2) is 77.9 Å². The SMILES string of the molecule is Cc1cccc(NC(=O)c2c(N)n(N=Cc3ccc(C(C)C)cc3)c3nc4ccccc4nc23)c1. The molecule has 5 rings (SSSR count). The van der Waals surface area contributed by atoms with Gasteiger partial charge in [-0.1, -0.05) is 62.4 Å². The molecule has 3 N–H and O–H groups in total. The van der Waals surface area contributed by atoms with Gasteiger partial charge in [0.15, 0.2) is 5.65 Å². The van der Waals surface area contributed by atoms with Crippen LogP contribution < -0.4 is 11.1 Å². The molecule has 0 saturated heterocycles. The zero-order valence-corrected chi connectivity index (χ0v) is 19.9. The summed E-state index contributed by atoms with van der Waals surface area (Å²) in [5.41, 5.74) is 12.8. The van der Waals surface area contributed by atoms with Crippen molar-refractivity contribution in [1.29, 1.82) is 0 Å². The molecule has 0 atom stereocenters. The molecule has 1 amide bonds. The lowest BCUT2D eigenvalue weighted by molar-refractivity contribution is 0.102. The summed E-state index contributed by atoms with van der Waals surface area (Å²) in [6.45, 7) is 6.28. The number of anilines is 2. The highest BCUT2D eigenvalue weighted by atomic mass is 16.1. The molecule has 0 radical (unpaired) electrons. The van der Waals surface area contributed by atoms with Crippen molar-refractivity contribution in [2.24, 2.45) is 5.10 Å². The molecule has 0 unspecified atom stereocenters. The molecule has 2 heterocycles. The number of hydrogen-bond acceptors (Lipinski definition) is 5. The van der Waals surface area contributed by atoms with Crippen LogP contribution in [-0.2, 0) is 0 Å². The summed E-state index contributed by atoms with van der Waals surface area (Å²) in [5.74, 6) is 0.261. The van der Waals surface area contributed by atoms with E-state index in [1.807, 2.05) is 67.6 Å². The Kier molecular flexibility index (Phi) is 5.74. The van der Waals surface area contributed by atoms with Gasteiger partial charge >= 0.3 is 0 Å². The van der Waals surface area contributed by atoms with E-state index in [0.29, 0.717) is 33.8 Å². The van der Waals surface area contributed by atoms with Crippen LogP contribution in [0.1, 0.15) is 46.8 Å². The van der Waals surface area contributed by atoms with E-state index in [4.69, 9.17) is 15.7 Å². The number of rotatable bonds is 5. The quantitative estimate of drug-likeness (QED) is 0.326. The van der Waals surface area contributed by atoms with Crippen molar-refractivity contribution < 1.29 is 4.79 Å². The minimum atomic E-state index is -0.363. The molecule has 3 aromatic carbocycles. The lowest BCUT2D eigenvalue weighted by Crippen LogP contribution is -2.14. The Bertz CT molecular complexity index is 1580. The molecule has 35 heavy (non-hydrogen) atoms. The van der Waals surface area contributed by atoms with E-state index in [9.17, 15) is 4.79 Å². The molecule has 2 aromatic heterocycles. The summed E-state index contributed by atoms with van der Waals surface area (Å²) in [5, 5.41) is 7.53. The average molecular weight is 463 g/mol. The van der Waals surface area contributed by atoms with Gasteiger partial charge in [0.25, 0.3) is 5.91 Å². The molecule has 7 nitrogen and oxygen atoms in total. The minimum absolute atomic E-state index is 0.176. The molecular weight excluding hydrogens is 436 g/mol. The molecule has 7 heteroatoms. The normalized spacial score (nSPS) is 11.7. The van der Waals surface area contributed by atoms with Gasteiger partial charge < -0.3 is 11.1 Å². The van der Waals surface area contributed by atoms with Crippen molar-refractivity contribution in [3.05, 3.63) is 95.1 Å². The number of amides is 1. The summed E-state index contributed by atoms with van der Waals surface area (Å²) in [6.07, 6.45) is 1.71. The van der Waals surface area contributed by atoms with Crippen LogP contribution >= 0.6 is 0 Å². The first-order chi connectivity index (χ1) is 16.9. The molecule has 0 aliphatic rings. The Morgan fingerprint density at radius 3 is 2.40 bits per heavy atom. The fraction of sp³-hybridized carbons (Fsp3) is 0.143. The van der Waals surface area contributed by atoms with Gasteiger partial charge in [-0.25, -0.2) is 9.97 Å². The second-order valence-corrected chi connectivity index (χ2v) is 8.85. The number of nitrogens with two attached hydrogens (primary N) is 1. The number of nitrogens with one attached hydrogen (secondary N) is 1. The highest BCUT2D eigenvalue weighted by Gasteiger charge is 2.24. The Morgan fingerprint density at radius 1 is 1.00 bits per heavy atom. The third-order valence-electron chi connectivity index (χ3n) is 5.90. The van der Waals surface area contributed by atoms with E-state index in [1.54, 1.807) is 6.21 Å². The van der Waals surface area contributed by atoms with Crippen LogP contribution in [0.4, 0.5) is 11.5 Å². The fourth-order valence-electron chi connectivity index (χ4n) is 4.00. The summed E-state index contributed by atoms with van der Waals surface area (Å²) in [7, 11) is 0. The van der Waals surface area contributed by atoms with Gasteiger partial charge in [0.1, 0.15) is 16.9 Å². The lowest BCUT2D eigenvalue weighted by atomic mass is 10.0. The molecule has 0 fully saturated rings. The standard InChI is InChI=1S/C28H26N6O/c1-17(2)20-13-11-19(12-14-20)16-30-34-26(29)24(28(35)31-21-8-6-7-18(3)15-21)25-27(34)33-23-10-5-4-9-22(23)32-25/h4-17H,29H2,1-3H3,(H,31,35). The van der Waals surface area contributed by atoms with Crippen LogP contribution in [0.25, 0.3) is 22.2 Å². The predicted molar refractivity (Wildman–Crippen MR) is 142 cm³/mol. The number of nitrogen functional groups attached to an aromatic ring is 1. The Hall–Kier alpha value is -4.52. The summed E-state index contributed by atoms with van der Waals surface area (Å²) >= 11 is 0. The third kappa shape index (κ3) is 4.36. The number of aromatic nitrogens is 3. The van der Waals surface area contributed by atoms with Gasteiger partial charge in [-0.15, -0.1) is 0 Å². The second kappa shape index (κ2) is 9.02. The third-order valence-corrected chi connectivity index (χ3v) is 5.90. The van der Waals surface area contributed by atoms with Crippen molar-refractivity contribution in [3.63, 3.8) is 0 Å². The summed E-state index contributed by atoms with van der Waals surface area (Å²) in [6, 6.07) is 23.3. The molecule has 174 valence electrons. The van der Waals surface area contributed by atoms with Gasteiger partial charge in [-0.2, -0.15) is 9.78 Å². The van der Waals surface area contributed by atoms with Crippen LogP contribution in [-0.4, -0.2) is 26.8 Å². The number of nitrogens with zero attached hydrogens (tertiary/aromatic N) is 4. The lowest BCUT2D eigenvalue weighted by Gasteiger charge is -2.06. The first-order valence-electron chi connectivity index (χ1n) is 11.5. The van der Waals surface area contributed by atoms with Crippen molar-refractivity contribution in [3.8, 4) is 0 Å². The van der Waals surface area contributed by atoms with E-state index in [2.05, 4.69) is 36.4 Å². The maximum atomic E-state index is 13.4. The zero-order chi connectivity index (χ0) is 24.5. The Labute approximate surface area is 203 Å².